The summed E-state index contributed by atoms with van der Waals surface area (Å²) in [4.78, 5) is 30.1. The van der Waals surface area contributed by atoms with E-state index < -0.39 is 0 Å². The van der Waals surface area contributed by atoms with E-state index in [0.717, 1.165) is 12.8 Å². The Morgan fingerprint density at radius 3 is 2.69 bits per heavy atom. The van der Waals surface area contributed by atoms with Crippen LogP contribution in [0.3, 0.4) is 0 Å². The molecule has 6 nitrogen and oxygen atoms in total. The largest absolute Gasteiger partial charge is 0.385 e. The van der Waals surface area contributed by atoms with Gasteiger partial charge in [-0.2, -0.15) is 4.99 Å². The topological polar surface area (TPSA) is 79.0 Å². The molecule has 1 saturated carbocycles. The second-order valence-corrected chi connectivity index (χ2v) is 4.47. The van der Waals surface area contributed by atoms with Gasteiger partial charge >= 0.3 is 6.03 Å². The van der Waals surface area contributed by atoms with Gasteiger partial charge in [0.25, 0.3) is 0 Å². The molecule has 0 bridgehead atoms. The second-order valence-electron chi connectivity index (χ2n) is 4.47. The van der Waals surface area contributed by atoms with Crippen LogP contribution in [0.2, 0.25) is 0 Å². The minimum absolute atomic E-state index is 0.0384. The zero-order chi connectivity index (χ0) is 11.9. The zero-order valence-electron chi connectivity index (χ0n) is 9.51. The van der Waals surface area contributed by atoms with Crippen LogP contribution in [0.5, 0.6) is 0 Å². The number of nitrogens with two attached hydrogens (primary N) is 1. The number of hydrogen-bond acceptors (Lipinski definition) is 3. The first kappa shape index (κ1) is 10.9. The van der Waals surface area contributed by atoms with Crippen molar-refractivity contribution in [3.05, 3.63) is 0 Å². The first-order valence-corrected chi connectivity index (χ1v) is 5.37. The Hall–Kier alpha value is -1.59. The van der Waals surface area contributed by atoms with E-state index in [9.17, 15) is 9.59 Å². The van der Waals surface area contributed by atoms with E-state index >= 15 is 0 Å². The van der Waals surface area contributed by atoms with Gasteiger partial charge < -0.3 is 15.5 Å². The maximum atomic E-state index is 11.6. The summed E-state index contributed by atoms with van der Waals surface area (Å²) in [5, 5.41) is 0. The third-order valence-corrected chi connectivity index (χ3v) is 2.93. The Morgan fingerprint density at radius 2 is 2.19 bits per heavy atom. The minimum Gasteiger partial charge on any atom is -0.385 e. The summed E-state index contributed by atoms with van der Waals surface area (Å²) in [5.74, 6) is 0.232. The molecule has 1 aliphatic heterocycles. The van der Waals surface area contributed by atoms with Crippen molar-refractivity contribution in [2.45, 2.75) is 31.3 Å². The van der Waals surface area contributed by atoms with Crippen molar-refractivity contribution >= 4 is 17.8 Å². The molecule has 1 fully saturated rings. The molecule has 3 amide bonds. The summed E-state index contributed by atoms with van der Waals surface area (Å²) in [7, 11) is 3.38. The Morgan fingerprint density at radius 1 is 1.56 bits per heavy atom. The van der Waals surface area contributed by atoms with E-state index in [-0.39, 0.29) is 36.3 Å². The molecule has 0 aromatic rings. The quantitative estimate of drug-likeness (QED) is 0.720. The molecule has 0 aromatic heterocycles. The van der Waals surface area contributed by atoms with Crippen molar-refractivity contribution in [3.8, 4) is 0 Å². The molecule has 1 atom stereocenters. The summed E-state index contributed by atoms with van der Waals surface area (Å²) in [6.45, 7) is 0. The first-order chi connectivity index (χ1) is 7.50. The molecular formula is C10H16N4O2. The lowest BCUT2D eigenvalue weighted by molar-refractivity contribution is -0.129. The van der Waals surface area contributed by atoms with Gasteiger partial charge in [0.2, 0.25) is 5.91 Å². The van der Waals surface area contributed by atoms with Crippen molar-refractivity contribution in [1.29, 1.82) is 0 Å². The lowest BCUT2D eigenvalue weighted by atomic mass is 10.1. The fraction of sp³-hybridized carbons (Fsp3) is 0.700. The molecule has 1 heterocycles. The normalized spacial score (nSPS) is 24.6. The van der Waals surface area contributed by atoms with E-state index in [2.05, 4.69) is 4.99 Å². The standard InChI is InChI=1S/C10H16N4O2/c1-13(2)8(15)5-7-9(11)12-10(16)14(7)6-3-4-6/h6-7H,3-5H2,1-2H3,(H2,11,12,16). The van der Waals surface area contributed by atoms with Crippen LogP contribution < -0.4 is 5.73 Å². The van der Waals surface area contributed by atoms with Crippen molar-refractivity contribution < 1.29 is 9.59 Å². The van der Waals surface area contributed by atoms with Crippen LogP contribution in [-0.4, -0.2) is 53.8 Å². The average molecular weight is 224 g/mol. The van der Waals surface area contributed by atoms with Crippen molar-refractivity contribution in [3.63, 3.8) is 0 Å². The van der Waals surface area contributed by atoms with Crippen LogP contribution in [0.1, 0.15) is 19.3 Å². The first-order valence-electron chi connectivity index (χ1n) is 5.37. The highest BCUT2D eigenvalue weighted by Crippen LogP contribution is 2.32. The van der Waals surface area contributed by atoms with Crippen molar-refractivity contribution in [2.24, 2.45) is 10.7 Å². The predicted octanol–water partition coefficient (Wildman–Crippen LogP) is -0.211. The number of rotatable bonds is 3. The van der Waals surface area contributed by atoms with Gasteiger partial charge in [0.15, 0.2) is 0 Å². The maximum absolute atomic E-state index is 11.6. The van der Waals surface area contributed by atoms with Gasteiger partial charge in [0.1, 0.15) is 11.9 Å². The smallest absolute Gasteiger partial charge is 0.346 e. The molecule has 0 saturated heterocycles. The Balaban J connectivity index is 2.08. The second kappa shape index (κ2) is 3.77. The fourth-order valence-electron chi connectivity index (χ4n) is 1.83. The Labute approximate surface area is 94.1 Å². The molecule has 2 rings (SSSR count). The number of aliphatic imine (C=N–C) groups is 1. The number of amides is 3. The van der Waals surface area contributed by atoms with Gasteiger partial charge in [-0.15, -0.1) is 0 Å². The molecule has 6 heteroatoms. The minimum atomic E-state index is -0.338. The van der Waals surface area contributed by atoms with Crippen LogP contribution >= 0.6 is 0 Å². The molecule has 2 N–H and O–H groups in total. The van der Waals surface area contributed by atoms with Gasteiger partial charge in [0.05, 0.1) is 6.42 Å². The Kier molecular flexibility index (Phi) is 2.57. The molecule has 0 aromatic carbocycles. The summed E-state index contributed by atoms with van der Waals surface area (Å²) >= 11 is 0. The molecule has 0 radical (unpaired) electrons. The zero-order valence-corrected chi connectivity index (χ0v) is 9.51. The van der Waals surface area contributed by atoms with Gasteiger partial charge in [-0.25, -0.2) is 4.79 Å². The summed E-state index contributed by atoms with van der Waals surface area (Å²) in [6.07, 6.45) is 2.20. The van der Waals surface area contributed by atoms with Crippen LogP contribution in [0.25, 0.3) is 0 Å². The fourth-order valence-corrected chi connectivity index (χ4v) is 1.83. The van der Waals surface area contributed by atoms with Gasteiger partial charge in [0, 0.05) is 20.1 Å². The van der Waals surface area contributed by atoms with E-state index in [1.165, 1.54) is 4.90 Å². The van der Waals surface area contributed by atoms with Gasteiger partial charge in [-0.1, -0.05) is 0 Å². The third-order valence-electron chi connectivity index (χ3n) is 2.93. The number of carbonyl (C=O) groups is 2. The molecule has 1 aliphatic carbocycles. The van der Waals surface area contributed by atoms with Crippen LogP contribution in [0.4, 0.5) is 4.79 Å². The van der Waals surface area contributed by atoms with Gasteiger partial charge in [-0.05, 0) is 12.8 Å². The lowest BCUT2D eigenvalue weighted by Gasteiger charge is -2.24. The van der Waals surface area contributed by atoms with E-state index in [0.29, 0.717) is 0 Å². The molecular weight excluding hydrogens is 208 g/mol. The van der Waals surface area contributed by atoms with E-state index in [4.69, 9.17) is 5.73 Å². The third kappa shape index (κ3) is 1.87. The van der Waals surface area contributed by atoms with E-state index in [1.807, 2.05) is 0 Å². The molecule has 88 valence electrons. The molecule has 0 spiro atoms. The van der Waals surface area contributed by atoms with Crippen molar-refractivity contribution in [1.82, 2.24) is 9.80 Å². The molecule has 16 heavy (non-hydrogen) atoms. The number of carbonyl (C=O) groups excluding carboxylic acids is 2. The summed E-state index contributed by atoms with van der Waals surface area (Å²) < 4.78 is 0. The van der Waals surface area contributed by atoms with E-state index in [1.54, 1.807) is 19.0 Å². The number of hydrogen-bond donors (Lipinski definition) is 1. The van der Waals surface area contributed by atoms with Crippen molar-refractivity contribution in [2.75, 3.05) is 14.1 Å². The molecule has 2 aliphatic rings. The average Bonchev–Trinajstić information content (AvgIpc) is 2.96. The number of urea groups is 1. The van der Waals surface area contributed by atoms with Crippen LogP contribution in [0.15, 0.2) is 4.99 Å². The van der Waals surface area contributed by atoms with Crippen LogP contribution in [0, 0.1) is 0 Å². The SMILES string of the molecule is CN(C)C(=O)CC1C(N)=NC(=O)N1C1CC1. The summed E-state index contributed by atoms with van der Waals surface area (Å²) in [6, 6.07) is -0.399. The number of amidine groups is 1. The van der Waals surface area contributed by atoms with Gasteiger partial charge in [-0.3, -0.25) is 4.79 Å². The predicted molar refractivity (Wildman–Crippen MR) is 59.0 cm³/mol. The highest BCUT2D eigenvalue weighted by molar-refractivity contribution is 6.04. The van der Waals surface area contributed by atoms with Crippen LogP contribution in [-0.2, 0) is 4.79 Å². The Bertz CT molecular complexity index is 360. The molecule has 1 unspecified atom stereocenters. The lowest BCUT2D eigenvalue weighted by Crippen LogP contribution is -2.44. The maximum Gasteiger partial charge on any atom is 0.346 e. The highest BCUT2D eigenvalue weighted by Gasteiger charge is 2.43. The summed E-state index contributed by atoms with van der Waals surface area (Å²) in [5.41, 5.74) is 5.69. The monoisotopic (exact) mass is 224 g/mol. The number of nitrogens with zero attached hydrogens (tertiary/aromatic N) is 3. The highest BCUT2D eigenvalue weighted by atomic mass is 16.2.